The van der Waals surface area contributed by atoms with Gasteiger partial charge in [0.05, 0.1) is 19.3 Å². The first-order valence-corrected chi connectivity index (χ1v) is 10.5. The predicted octanol–water partition coefficient (Wildman–Crippen LogP) is 4.58. The van der Waals surface area contributed by atoms with Crippen LogP contribution in [0.2, 0.25) is 0 Å². The summed E-state index contributed by atoms with van der Waals surface area (Å²) in [6.07, 6.45) is 1.25. The fourth-order valence-corrected chi connectivity index (χ4v) is 4.12. The van der Waals surface area contributed by atoms with Crippen LogP contribution in [0.4, 0.5) is 0 Å². The second kappa shape index (κ2) is 8.19. The van der Waals surface area contributed by atoms with Gasteiger partial charge in [-0.05, 0) is 45.0 Å². The van der Waals surface area contributed by atoms with Crippen LogP contribution in [0, 0.1) is 0 Å². The molecule has 1 atom stereocenters. The maximum atomic E-state index is 13.1. The van der Waals surface area contributed by atoms with E-state index in [9.17, 15) is 4.79 Å². The van der Waals surface area contributed by atoms with Gasteiger partial charge < -0.3 is 23.8 Å². The molecule has 2 aromatic rings. The molecule has 1 unspecified atom stereocenters. The smallest absolute Gasteiger partial charge is 0.254 e. The number of hydrogen-bond donors (Lipinski definition) is 0. The van der Waals surface area contributed by atoms with E-state index in [4.69, 9.17) is 18.9 Å². The fraction of sp³-hybridized carbons (Fsp3) is 0.458. The van der Waals surface area contributed by atoms with Crippen LogP contribution in [0.1, 0.15) is 55.6 Å². The van der Waals surface area contributed by atoms with Crippen molar-refractivity contribution in [1.82, 2.24) is 4.90 Å². The highest BCUT2D eigenvalue weighted by Gasteiger charge is 2.44. The lowest BCUT2D eigenvalue weighted by atomic mass is 9.98. The van der Waals surface area contributed by atoms with Crippen molar-refractivity contribution >= 4 is 5.91 Å². The summed E-state index contributed by atoms with van der Waals surface area (Å²) >= 11 is 0. The van der Waals surface area contributed by atoms with Gasteiger partial charge in [0.1, 0.15) is 5.75 Å². The molecule has 0 radical (unpaired) electrons. The van der Waals surface area contributed by atoms with Gasteiger partial charge in [0.2, 0.25) is 5.79 Å². The SMILES string of the molecule is COc1cc(C(=O)N2CCC3(CC2)Oc2ccccc2C(C)O3)ccc1OC(C)C. The Balaban J connectivity index is 1.45. The van der Waals surface area contributed by atoms with Crippen molar-refractivity contribution in [3.8, 4) is 17.2 Å². The van der Waals surface area contributed by atoms with Crippen LogP contribution in [0.25, 0.3) is 0 Å². The molecule has 1 spiro atoms. The van der Waals surface area contributed by atoms with Gasteiger partial charge in [0.15, 0.2) is 11.5 Å². The van der Waals surface area contributed by atoms with E-state index in [2.05, 4.69) is 0 Å². The monoisotopic (exact) mass is 411 g/mol. The predicted molar refractivity (Wildman–Crippen MR) is 113 cm³/mol. The Hall–Kier alpha value is -2.73. The van der Waals surface area contributed by atoms with Crippen molar-refractivity contribution in [3.05, 3.63) is 53.6 Å². The number of ether oxygens (including phenoxy) is 4. The molecule has 0 aliphatic carbocycles. The zero-order valence-corrected chi connectivity index (χ0v) is 18.0. The van der Waals surface area contributed by atoms with Crippen molar-refractivity contribution in [2.75, 3.05) is 20.2 Å². The van der Waals surface area contributed by atoms with Crippen molar-refractivity contribution in [1.29, 1.82) is 0 Å². The summed E-state index contributed by atoms with van der Waals surface area (Å²) in [6, 6.07) is 13.3. The molecule has 0 N–H and O–H groups in total. The zero-order chi connectivity index (χ0) is 21.3. The third kappa shape index (κ3) is 3.97. The van der Waals surface area contributed by atoms with E-state index in [1.54, 1.807) is 25.3 Å². The van der Waals surface area contributed by atoms with Crippen molar-refractivity contribution < 1.29 is 23.7 Å². The molecule has 30 heavy (non-hydrogen) atoms. The number of piperidine rings is 1. The third-order valence-electron chi connectivity index (χ3n) is 5.63. The average molecular weight is 411 g/mol. The molecule has 2 aromatic carbocycles. The first-order chi connectivity index (χ1) is 14.4. The Morgan fingerprint density at radius 1 is 1.13 bits per heavy atom. The number of para-hydroxylation sites is 1. The summed E-state index contributed by atoms with van der Waals surface area (Å²) < 4.78 is 23.7. The van der Waals surface area contributed by atoms with Crippen molar-refractivity contribution in [2.45, 2.75) is 51.6 Å². The minimum Gasteiger partial charge on any atom is -0.493 e. The van der Waals surface area contributed by atoms with Gasteiger partial charge in [-0.25, -0.2) is 0 Å². The van der Waals surface area contributed by atoms with Gasteiger partial charge in [0, 0.05) is 37.1 Å². The number of rotatable bonds is 4. The molecule has 6 heteroatoms. The average Bonchev–Trinajstić information content (AvgIpc) is 2.74. The van der Waals surface area contributed by atoms with Crippen LogP contribution in [0.5, 0.6) is 17.2 Å². The quantitative estimate of drug-likeness (QED) is 0.737. The molecule has 2 aliphatic heterocycles. The van der Waals surface area contributed by atoms with E-state index < -0.39 is 5.79 Å². The number of amides is 1. The standard InChI is InChI=1S/C24H29NO5/c1-16(2)28-21-10-9-18(15-22(21)27-4)23(26)25-13-11-24(12-14-25)29-17(3)19-7-5-6-8-20(19)30-24/h5-10,15-17H,11-14H2,1-4H3. The van der Waals surface area contributed by atoms with E-state index in [-0.39, 0.29) is 18.1 Å². The van der Waals surface area contributed by atoms with E-state index in [0.29, 0.717) is 43.0 Å². The van der Waals surface area contributed by atoms with Gasteiger partial charge in [-0.2, -0.15) is 0 Å². The van der Waals surface area contributed by atoms with E-state index in [1.165, 1.54) is 0 Å². The van der Waals surface area contributed by atoms with Gasteiger partial charge in [-0.3, -0.25) is 4.79 Å². The largest absolute Gasteiger partial charge is 0.493 e. The normalized spacial score (nSPS) is 19.9. The lowest BCUT2D eigenvalue weighted by molar-refractivity contribution is -0.243. The molecule has 4 rings (SSSR count). The Labute approximate surface area is 177 Å². The number of likely N-dealkylation sites (tertiary alicyclic amines) is 1. The van der Waals surface area contributed by atoms with Crippen molar-refractivity contribution in [3.63, 3.8) is 0 Å². The van der Waals surface area contributed by atoms with Gasteiger partial charge in [-0.1, -0.05) is 18.2 Å². The number of nitrogens with zero attached hydrogens (tertiary/aromatic N) is 1. The Morgan fingerprint density at radius 2 is 1.87 bits per heavy atom. The van der Waals surface area contributed by atoms with Gasteiger partial charge >= 0.3 is 0 Å². The van der Waals surface area contributed by atoms with Crippen molar-refractivity contribution in [2.24, 2.45) is 0 Å². The summed E-state index contributed by atoms with van der Waals surface area (Å²) in [6.45, 7) is 7.10. The Kier molecular flexibility index (Phi) is 5.60. The molecule has 1 saturated heterocycles. The highest BCUT2D eigenvalue weighted by atomic mass is 16.7. The first kappa shape index (κ1) is 20.5. The molecule has 1 fully saturated rings. The lowest BCUT2D eigenvalue weighted by Gasteiger charge is -2.46. The summed E-state index contributed by atoms with van der Waals surface area (Å²) in [4.78, 5) is 14.9. The lowest BCUT2D eigenvalue weighted by Crippen LogP contribution is -2.53. The molecule has 6 nitrogen and oxygen atoms in total. The third-order valence-corrected chi connectivity index (χ3v) is 5.63. The molecule has 1 amide bonds. The second-order valence-electron chi connectivity index (χ2n) is 8.14. The summed E-state index contributed by atoms with van der Waals surface area (Å²) in [5.74, 6) is 1.38. The first-order valence-electron chi connectivity index (χ1n) is 10.5. The maximum absolute atomic E-state index is 13.1. The highest BCUT2D eigenvalue weighted by Crippen LogP contribution is 2.43. The van der Waals surface area contributed by atoms with E-state index in [1.807, 2.05) is 49.9 Å². The second-order valence-corrected chi connectivity index (χ2v) is 8.14. The highest BCUT2D eigenvalue weighted by molar-refractivity contribution is 5.95. The zero-order valence-electron chi connectivity index (χ0n) is 18.0. The molecule has 2 aliphatic rings. The Morgan fingerprint density at radius 3 is 2.57 bits per heavy atom. The number of carbonyl (C=O) groups excluding carboxylic acids is 1. The fourth-order valence-electron chi connectivity index (χ4n) is 4.12. The number of carbonyl (C=O) groups is 1. The minimum absolute atomic E-state index is 0.0245. The Bertz CT molecular complexity index is 918. The van der Waals surface area contributed by atoms with Crippen LogP contribution in [0.3, 0.4) is 0 Å². The number of methoxy groups -OCH3 is 1. The molecule has 2 heterocycles. The van der Waals surface area contributed by atoms with E-state index in [0.717, 1.165) is 11.3 Å². The molecular formula is C24H29NO5. The number of fused-ring (bicyclic) bond motifs is 1. The molecule has 0 bridgehead atoms. The van der Waals surface area contributed by atoms with Crippen LogP contribution in [0.15, 0.2) is 42.5 Å². The number of benzene rings is 2. The van der Waals surface area contributed by atoms with Crippen LogP contribution >= 0.6 is 0 Å². The molecule has 160 valence electrons. The van der Waals surface area contributed by atoms with Crippen LogP contribution < -0.4 is 14.2 Å². The summed E-state index contributed by atoms with van der Waals surface area (Å²) in [5.41, 5.74) is 1.65. The van der Waals surface area contributed by atoms with Crippen LogP contribution in [-0.2, 0) is 4.74 Å². The molecule has 0 saturated carbocycles. The summed E-state index contributed by atoms with van der Waals surface area (Å²) in [5, 5.41) is 0. The molecule has 0 aromatic heterocycles. The van der Waals surface area contributed by atoms with Gasteiger partial charge in [0.25, 0.3) is 5.91 Å². The van der Waals surface area contributed by atoms with Gasteiger partial charge in [-0.15, -0.1) is 0 Å². The minimum atomic E-state index is -0.669. The number of hydrogen-bond acceptors (Lipinski definition) is 5. The van der Waals surface area contributed by atoms with Crippen LogP contribution in [-0.4, -0.2) is 42.9 Å². The maximum Gasteiger partial charge on any atom is 0.254 e. The summed E-state index contributed by atoms with van der Waals surface area (Å²) in [7, 11) is 1.58. The molecular weight excluding hydrogens is 382 g/mol. The topological polar surface area (TPSA) is 57.2 Å². The van der Waals surface area contributed by atoms with E-state index >= 15 is 0 Å².